The highest BCUT2D eigenvalue weighted by molar-refractivity contribution is 5.32. The average molecular weight is 199 g/mol. The summed E-state index contributed by atoms with van der Waals surface area (Å²) in [5.74, 6) is 0. The van der Waals surface area contributed by atoms with Crippen molar-refractivity contribution in [3.8, 4) is 6.07 Å². The highest BCUT2D eigenvalue weighted by Gasteiger charge is 2.26. The van der Waals surface area contributed by atoms with E-state index in [9.17, 15) is 13.2 Å². The molecule has 1 rings (SSSR count). The Balaban J connectivity index is 2.65. The molecular weight excluding hydrogens is 191 g/mol. The van der Waals surface area contributed by atoms with Crippen LogP contribution in [-0.2, 0) is 6.42 Å². The Bertz CT molecular complexity index is 349. The summed E-state index contributed by atoms with van der Waals surface area (Å²) in [6, 6.07) is 8.11. The second kappa shape index (κ2) is 4.14. The van der Waals surface area contributed by atoms with E-state index < -0.39 is 12.6 Å². The fourth-order valence-corrected chi connectivity index (χ4v) is 1.08. The highest BCUT2D eigenvalue weighted by atomic mass is 19.4. The van der Waals surface area contributed by atoms with Crippen molar-refractivity contribution < 1.29 is 13.2 Å². The first kappa shape index (κ1) is 10.6. The van der Waals surface area contributed by atoms with Crippen molar-refractivity contribution in [2.24, 2.45) is 0 Å². The van der Waals surface area contributed by atoms with E-state index in [-0.39, 0.29) is 6.42 Å². The van der Waals surface area contributed by atoms with Crippen LogP contribution in [0.2, 0.25) is 0 Å². The fraction of sp³-hybridized carbons (Fsp3) is 0.300. The summed E-state index contributed by atoms with van der Waals surface area (Å²) in [6.45, 7) is 0. The van der Waals surface area contributed by atoms with Gasteiger partial charge in [0.2, 0.25) is 0 Å². The summed E-state index contributed by atoms with van der Waals surface area (Å²) in [7, 11) is 0. The SMILES string of the molecule is N#Cc1cccc(CCC(F)(F)F)c1. The summed E-state index contributed by atoms with van der Waals surface area (Å²) in [5.41, 5.74) is 0.936. The lowest BCUT2D eigenvalue weighted by atomic mass is 10.1. The van der Waals surface area contributed by atoms with Gasteiger partial charge in [-0.3, -0.25) is 0 Å². The third-order valence-corrected chi connectivity index (χ3v) is 1.75. The van der Waals surface area contributed by atoms with Gasteiger partial charge in [-0.25, -0.2) is 0 Å². The Morgan fingerprint density at radius 1 is 1.29 bits per heavy atom. The molecule has 0 unspecified atom stereocenters. The zero-order chi connectivity index (χ0) is 10.6. The molecule has 1 nitrogen and oxygen atoms in total. The highest BCUT2D eigenvalue weighted by Crippen LogP contribution is 2.22. The van der Waals surface area contributed by atoms with Crippen molar-refractivity contribution in [2.45, 2.75) is 19.0 Å². The van der Waals surface area contributed by atoms with Gasteiger partial charge in [0, 0.05) is 6.42 Å². The third kappa shape index (κ3) is 3.48. The first-order valence-electron chi connectivity index (χ1n) is 4.07. The van der Waals surface area contributed by atoms with Gasteiger partial charge in [0.15, 0.2) is 0 Å². The van der Waals surface area contributed by atoms with E-state index >= 15 is 0 Å². The number of rotatable bonds is 2. The van der Waals surface area contributed by atoms with Crippen LogP contribution in [-0.4, -0.2) is 6.18 Å². The van der Waals surface area contributed by atoms with Crippen LogP contribution in [0.5, 0.6) is 0 Å². The fourth-order valence-electron chi connectivity index (χ4n) is 1.08. The van der Waals surface area contributed by atoms with Crippen LogP contribution in [0.3, 0.4) is 0 Å². The lowest BCUT2D eigenvalue weighted by molar-refractivity contribution is -0.133. The average Bonchev–Trinajstić information content (AvgIpc) is 2.14. The molecule has 0 spiro atoms. The van der Waals surface area contributed by atoms with Crippen LogP contribution in [0.15, 0.2) is 24.3 Å². The molecule has 0 N–H and O–H groups in total. The molecule has 0 aliphatic carbocycles. The van der Waals surface area contributed by atoms with Gasteiger partial charge in [0.25, 0.3) is 0 Å². The molecule has 0 aliphatic heterocycles. The minimum atomic E-state index is -4.14. The molecule has 0 radical (unpaired) electrons. The smallest absolute Gasteiger partial charge is 0.192 e. The second-order valence-corrected chi connectivity index (χ2v) is 2.93. The number of hydrogen-bond donors (Lipinski definition) is 0. The zero-order valence-corrected chi connectivity index (χ0v) is 7.30. The van der Waals surface area contributed by atoms with Crippen LogP contribution in [0.25, 0.3) is 0 Å². The standard InChI is InChI=1S/C10H8F3N/c11-10(12,13)5-4-8-2-1-3-9(6-8)7-14/h1-3,6H,4-5H2. The molecule has 1 aromatic rings. The molecule has 1 aromatic carbocycles. The first-order valence-corrected chi connectivity index (χ1v) is 4.07. The topological polar surface area (TPSA) is 23.8 Å². The van der Waals surface area contributed by atoms with Crippen molar-refractivity contribution in [2.75, 3.05) is 0 Å². The Labute approximate surface area is 79.8 Å². The number of alkyl halides is 3. The minimum Gasteiger partial charge on any atom is -0.192 e. The molecule has 0 saturated heterocycles. The number of benzene rings is 1. The summed E-state index contributed by atoms with van der Waals surface area (Å²) in [6.07, 6.45) is -5.05. The van der Waals surface area contributed by atoms with Crippen LogP contribution in [0.4, 0.5) is 13.2 Å². The second-order valence-electron chi connectivity index (χ2n) is 2.93. The number of hydrogen-bond acceptors (Lipinski definition) is 1. The van der Waals surface area contributed by atoms with Crippen molar-refractivity contribution in [1.29, 1.82) is 5.26 Å². The minimum absolute atomic E-state index is 0.0704. The molecule has 74 valence electrons. The Morgan fingerprint density at radius 2 is 2.00 bits per heavy atom. The molecule has 0 amide bonds. The third-order valence-electron chi connectivity index (χ3n) is 1.75. The van der Waals surface area contributed by atoms with E-state index in [1.807, 2.05) is 6.07 Å². The molecule has 14 heavy (non-hydrogen) atoms. The van der Waals surface area contributed by atoms with Gasteiger partial charge >= 0.3 is 6.18 Å². The predicted molar refractivity (Wildman–Crippen MR) is 45.5 cm³/mol. The van der Waals surface area contributed by atoms with Crippen molar-refractivity contribution in [1.82, 2.24) is 0 Å². The Hall–Kier alpha value is -1.50. The quantitative estimate of drug-likeness (QED) is 0.718. The maximum Gasteiger partial charge on any atom is 0.389 e. The van der Waals surface area contributed by atoms with E-state index in [4.69, 9.17) is 5.26 Å². The van der Waals surface area contributed by atoms with Crippen LogP contribution < -0.4 is 0 Å². The molecule has 0 aliphatic rings. The number of nitriles is 1. The summed E-state index contributed by atoms with van der Waals surface area (Å²) in [5, 5.41) is 8.52. The van der Waals surface area contributed by atoms with Gasteiger partial charge in [-0.15, -0.1) is 0 Å². The molecule has 4 heteroatoms. The number of aryl methyl sites for hydroxylation is 1. The summed E-state index contributed by atoms with van der Waals surface area (Å²) in [4.78, 5) is 0. The van der Waals surface area contributed by atoms with E-state index in [0.717, 1.165) is 0 Å². The monoisotopic (exact) mass is 199 g/mol. The van der Waals surface area contributed by atoms with Gasteiger partial charge in [0.05, 0.1) is 11.6 Å². The van der Waals surface area contributed by atoms with Gasteiger partial charge in [-0.2, -0.15) is 18.4 Å². The van der Waals surface area contributed by atoms with Crippen molar-refractivity contribution in [3.63, 3.8) is 0 Å². The molecule has 0 saturated carbocycles. The summed E-state index contributed by atoms with van der Waals surface area (Å²) < 4.78 is 35.6. The van der Waals surface area contributed by atoms with E-state index in [1.165, 1.54) is 6.07 Å². The van der Waals surface area contributed by atoms with Crippen molar-refractivity contribution >= 4 is 0 Å². The molecule has 0 aromatic heterocycles. The van der Waals surface area contributed by atoms with Gasteiger partial charge in [-0.05, 0) is 24.1 Å². The Morgan fingerprint density at radius 3 is 2.57 bits per heavy atom. The predicted octanol–water partition coefficient (Wildman–Crippen LogP) is 3.05. The molecule has 0 fully saturated rings. The van der Waals surface area contributed by atoms with E-state index in [2.05, 4.69) is 0 Å². The molecule has 0 bridgehead atoms. The van der Waals surface area contributed by atoms with Crippen LogP contribution in [0.1, 0.15) is 17.5 Å². The largest absolute Gasteiger partial charge is 0.389 e. The number of nitrogens with zero attached hydrogens (tertiary/aromatic N) is 1. The lowest BCUT2D eigenvalue weighted by Gasteiger charge is -2.05. The maximum atomic E-state index is 11.9. The number of halogens is 3. The molecular formula is C10H8F3N. The summed E-state index contributed by atoms with van der Waals surface area (Å²) >= 11 is 0. The lowest BCUT2D eigenvalue weighted by Crippen LogP contribution is -2.08. The molecule has 0 atom stereocenters. The zero-order valence-electron chi connectivity index (χ0n) is 7.30. The van der Waals surface area contributed by atoms with E-state index in [1.54, 1.807) is 18.2 Å². The maximum absolute atomic E-state index is 11.9. The first-order chi connectivity index (χ1) is 6.51. The molecule has 0 heterocycles. The normalized spacial score (nSPS) is 11.0. The van der Waals surface area contributed by atoms with E-state index in [0.29, 0.717) is 11.1 Å². The van der Waals surface area contributed by atoms with Gasteiger partial charge in [0.1, 0.15) is 0 Å². The van der Waals surface area contributed by atoms with Gasteiger partial charge < -0.3 is 0 Å². The van der Waals surface area contributed by atoms with Crippen molar-refractivity contribution in [3.05, 3.63) is 35.4 Å². The van der Waals surface area contributed by atoms with Gasteiger partial charge in [-0.1, -0.05) is 12.1 Å². The van der Waals surface area contributed by atoms with Crippen LogP contribution in [0, 0.1) is 11.3 Å². The van der Waals surface area contributed by atoms with Crippen LogP contribution >= 0.6 is 0 Å². The Kier molecular flexibility index (Phi) is 3.13.